The van der Waals surface area contributed by atoms with Crippen molar-refractivity contribution < 1.29 is 23.0 Å². The summed E-state index contributed by atoms with van der Waals surface area (Å²) in [6, 6.07) is 10.6. The lowest BCUT2D eigenvalue weighted by Gasteiger charge is -2.08. The van der Waals surface area contributed by atoms with Gasteiger partial charge in [-0.1, -0.05) is 6.07 Å². The number of methoxy groups -OCH3 is 2. The van der Waals surface area contributed by atoms with Gasteiger partial charge in [-0.15, -0.1) is 16.4 Å². The van der Waals surface area contributed by atoms with Crippen molar-refractivity contribution in [1.82, 2.24) is 19.6 Å². The molecule has 0 radical (unpaired) electrons. The van der Waals surface area contributed by atoms with Gasteiger partial charge in [-0.25, -0.2) is 18.9 Å². The maximum atomic E-state index is 14.4. The Labute approximate surface area is 212 Å². The number of aryl methyl sites for hydroxylation is 1. The number of hydrogen-bond acceptors (Lipinski definition) is 9. The molecule has 4 heterocycles. The molecule has 0 aliphatic heterocycles. The van der Waals surface area contributed by atoms with Crippen molar-refractivity contribution in [3.05, 3.63) is 65.0 Å². The summed E-state index contributed by atoms with van der Waals surface area (Å²) in [6.07, 6.45) is 1.78. The third-order valence-electron chi connectivity index (χ3n) is 5.54. The summed E-state index contributed by atoms with van der Waals surface area (Å²) >= 11 is 2.72. The molecule has 4 aromatic heterocycles. The first-order chi connectivity index (χ1) is 17.5. The van der Waals surface area contributed by atoms with Gasteiger partial charge < -0.3 is 18.6 Å². The standard InChI is InChI=1S/C25H19FN4O4S2/c1-13-4-5-16(18(26)6-13)23-27-14(12-35-23)11-33-20-7-15(31-2)8-21-17(20)9-22(34-21)19-10-30-24(28-19)36-25(29-30)32-3/h4-10,12H,11H2,1-3H3. The average Bonchev–Trinajstić information content (AvgIpc) is 3.64. The average molecular weight is 523 g/mol. The van der Waals surface area contributed by atoms with Crippen LogP contribution in [0.25, 0.3) is 38.0 Å². The molecule has 0 unspecified atom stereocenters. The zero-order valence-electron chi connectivity index (χ0n) is 19.4. The molecular formula is C25H19FN4O4S2. The van der Waals surface area contributed by atoms with Crippen LogP contribution in [0.5, 0.6) is 16.7 Å². The fourth-order valence-corrected chi connectivity index (χ4v) is 5.30. The number of imidazole rings is 1. The molecule has 8 nitrogen and oxygen atoms in total. The van der Waals surface area contributed by atoms with E-state index in [1.165, 1.54) is 28.7 Å². The summed E-state index contributed by atoms with van der Waals surface area (Å²) in [4.78, 5) is 9.85. The Hall–Kier alpha value is -3.96. The number of nitrogens with zero attached hydrogens (tertiary/aromatic N) is 4. The minimum Gasteiger partial charge on any atom is -0.496 e. The van der Waals surface area contributed by atoms with E-state index in [0.29, 0.717) is 55.0 Å². The van der Waals surface area contributed by atoms with E-state index < -0.39 is 0 Å². The Balaban J connectivity index is 1.29. The number of halogens is 1. The van der Waals surface area contributed by atoms with Crippen LogP contribution in [-0.2, 0) is 6.61 Å². The van der Waals surface area contributed by atoms with Gasteiger partial charge in [-0.05, 0) is 42.0 Å². The zero-order valence-corrected chi connectivity index (χ0v) is 21.1. The third kappa shape index (κ3) is 4.06. The van der Waals surface area contributed by atoms with Crippen molar-refractivity contribution in [2.24, 2.45) is 0 Å². The summed E-state index contributed by atoms with van der Waals surface area (Å²) in [5.41, 5.74) is 3.28. The molecule has 0 saturated carbocycles. The van der Waals surface area contributed by atoms with Gasteiger partial charge in [0.2, 0.25) is 4.96 Å². The molecule has 182 valence electrons. The summed E-state index contributed by atoms with van der Waals surface area (Å²) in [5.74, 6) is 1.46. The Bertz CT molecular complexity index is 1690. The Kier molecular flexibility index (Phi) is 5.57. The molecule has 0 saturated heterocycles. The highest BCUT2D eigenvalue weighted by atomic mass is 32.1. The van der Waals surface area contributed by atoms with Crippen LogP contribution in [-0.4, -0.2) is 33.8 Å². The van der Waals surface area contributed by atoms with E-state index in [2.05, 4.69) is 15.1 Å². The first-order valence-electron chi connectivity index (χ1n) is 10.9. The molecule has 0 N–H and O–H groups in total. The van der Waals surface area contributed by atoms with Crippen LogP contribution >= 0.6 is 22.7 Å². The van der Waals surface area contributed by atoms with Crippen molar-refractivity contribution in [1.29, 1.82) is 0 Å². The molecule has 0 amide bonds. The van der Waals surface area contributed by atoms with Gasteiger partial charge in [-0.2, -0.15) is 0 Å². The number of ether oxygens (including phenoxy) is 3. The highest BCUT2D eigenvalue weighted by Gasteiger charge is 2.18. The Morgan fingerprint density at radius 1 is 1.08 bits per heavy atom. The fraction of sp³-hybridized carbons (Fsp3) is 0.160. The van der Waals surface area contributed by atoms with E-state index in [1.807, 2.05) is 24.4 Å². The number of rotatable bonds is 7. The molecule has 0 aliphatic carbocycles. The number of hydrogen-bond donors (Lipinski definition) is 0. The van der Waals surface area contributed by atoms with Crippen molar-refractivity contribution in [2.75, 3.05) is 14.2 Å². The summed E-state index contributed by atoms with van der Waals surface area (Å²) in [6.45, 7) is 2.06. The van der Waals surface area contributed by atoms with Crippen LogP contribution in [0.3, 0.4) is 0 Å². The molecule has 0 atom stereocenters. The van der Waals surface area contributed by atoms with Crippen LogP contribution in [0.1, 0.15) is 11.3 Å². The number of furan rings is 1. The molecule has 11 heteroatoms. The summed E-state index contributed by atoms with van der Waals surface area (Å²) < 4.78 is 38.8. The van der Waals surface area contributed by atoms with Crippen molar-refractivity contribution in [3.63, 3.8) is 0 Å². The van der Waals surface area contributed by atoms with Crippen LogP contribution in [0.15, 0.2) is 52.4 Å². The topological polar surface area (TPSA) is 83.9 Å². The normalized spacial score (nSPS) is 11.4. The van der Waals surface area contributed by atoms with Gasteiger partial charge in [0, 0.05) is 23.1 Å². The van der Waals surface area contributed by atoms with Crippen LogP contribution in [0.2, 0.25) is 0 Å². The molecule has 0 bridgehead atoms. The van der Waals surface area contributed by atoms with Crippen molar-refractivity contribution in [2.45, 2.75) is 13.5 Å². The minimum atomic E-state index is -0.287. The Morgan fingerprint density at radius 2 is 1.97 bits per heavy atom. The van der Waals surface area contributed by atoms with E-state index in [-0.39, 0.29) is 12.4 Å². The van der Waals surface area contributed by atoms with Gasteiger partial charge >= 0.3 is 0 Å². The van der Waals surface area contributed by atoms with E-state index in [1.54, 1.807) is 43.1 Å². The van der Waals surface area contributed by atoms with Crippen molar-refractivity contribution in [3.8, 4) is 38.7 Å². The Morgan fingerprint density at radius 3 is 2.75 bits per heavy atom. The monoisotopic (exact) mass is 522 g/mol. The second-order valence-corrected chi connectivity index (χ2v) is 9.77. The third-order valence-corrected chi connectivity index (χ3v) is 7.35. The summed E-state index contributed by atoms with van der Waals surface area (Å²) in [7, 11) is 3.15. The molecule has 0 spiro atoms. The van der Waals surface area contributed by atoms with Crippen LogP contribution < -0.4 is 14.2 Å². The van der Waals surface area contributed by atoms with Crippen molar-refractivity contribution >= 4 is 38.6 Å². The number of benzene rings is 2. The molecule has 36 heavy (non-hydrogen) atoms. The summed E-state index contributed by atoms with van der Waals surface area (Å²) in [5, 5.41) is 8.09. The molecule has 6 rings (SSSR count). The van der Waals surface area contributed by atoms with Gasteiger partial charge in [0.05, 0.1) is 31.5 Å². The van der Waals surface area contributed by atoms with E-state index in [4.69, 9.17) is 18.6 Å². The lowest BCUT2D eigenvalue weighted by Crippen LogP contribution is -1.97. The highest BCUT2D eigenvalue weighted by Crippen LogP contribution is 2.38. The van der Waals surface area contributed by atoms with Gasteiger partial charge in [-0.3, -0.25) is 0 Å². The quantitative estimate of drug-likeness (QED) is 0.241. The first kappa shape index (κ1) is 22.5. The van der Waals surface area contributed by atoms with Gasteiger partial charge in [0.15, 0.2) is 5.76 Å². The van der Waals surface area contributed by atoms with Gasteiger partial charge in [0.1, 0.15) is 40.2 Å². The molecule has 0 fully saturated rings. The first-order valence-corrected chi connectivity index (χ1v) is 12.6. The highest BCUT2D eigenvalue weighted by molar-refractivity contribution is 7.18. The molecule has 2 aromatic carbocycles. The maximum absolute atomic E-state index is 14.4. The second kappa shape index (κ2) is 8.92. The van der Waals surface area contributed by atoms with E-state index in [0.717, 1.165) is 10.9 Å². The number of thiazole rings is 1. The second-order valence-electron chi connectivity index (χ2n) is 7.99. The van der Waals surface area contributed by atoms with E-state index >= 15 is 0 Å². The number of aromatic nitrogens is 4. The van der Waals surface area contributed by atoms with Crippen LogP contribution in [0, 0.1) is 12.7 Å². The maximum Gasteiger partial charge on any atom is 0.294 e. The molecule has 0 aliphatic rings. The van der Waals surface area contributed by atoms with Gasteiger partial charge in [0.25, 0.3) is 5.19 Å². The van der Waals surface area contributed by atoms with Crippen LogP contribution in [0.4, 0.5) is 4.39 Å². The minimum absolute atomic E-state index is 0.205. The zero-order chi connectivity index (χ0) is 24.8. The smallest absolute Gasteiger partial charge is 0.294 e. The van der Waals surface area contributed by atoms with E-state index in [9.17, 15) is 4.39 Å². The molecule has 6 aromatic rings. The predicted octanol–water partition coefficient (Wildman–Crippen LogP) is 6.37. The lowest BCUT2D eigenvalue weighted by atomic mass is 10.1. The SMILES string of the molecule is COc1cc(OCc2csc(-c3ccc(C)cc3F)n2)c2cc(-c3cn4nc(OC)sc4n3)oc2c1. The number of fused-ring (bicyclic) bond motifs is 2. The predicted molar refractivity (Wildman–Crippen MR) is 136 cm³/mol. The lowest BCUT2D eigenvalue weighted by molar-refractivity contribution is 0.303. The molecular weight excluding hydrogens is 503 g/mol. The fourth-order valence-electron chi connectivity index (χ4n) is 3.77. The largest absolute Gasteiger partial charge is 0.496 e.